The van der Waals surface area contributed by atoms with Crippen molar-refractivity contribution in [2.24, 2.45) is 0 Å². The first kappa shape index (κ1) is 31.1. The number of aromatic amines is 1. The molecule has 25 heteroatoms. The Balaban J connectivity index is 1.22. The first-order valence-electron chi connectivity index (χ1n) is 13.3. The number of halogens is 1. The number of H-pyrrole nitrogens is 1. The molecular formula is C21H24FN10O12P2-. The predicted molar refractivity (Wildman–Crippen MR) is 145 cm³/mol. The Morgan fingerprint density at radius 2 is 1.70 bits per heavy atom. The maximum absolute atomic E-state index is 16.0. The van der Waals surface area contributed by atoms with Gasteiger partial charge in [-0.15, -0.1) is 0 Å². The van der Waals surface area contributed by atoms with Crippen LogP contribution in [0.1, 0.15) is 12.5 Å². The van der Waals surface area contributed by atoms with E-state index in [1.807, 2.05) is 0 Å². The van der Waals surface area contributed by atoms with Crippen molar-refractivity contribution in [3.8, 4) is 0 Å². The highest BCUT2D eigenvalue weighted by Gasteiger charge is 2.53. The van der Waals surface area contributed by atoms with Gasteiger partial charge >= 0.3 is 7.82 Å². The van der Waals surface area contributed by atoms with Gasteiger partial charge in [-0.1, -0.05) is 0 Å². The summed E-state index contributed by atoms with van der Waals surface area (Å²) in [7, 11) is -9.07. The molecule has 7 heterocycles. The lowest BCUT2D eigenvalue weighted by atomic mass is 10.1. The molecule has 10 atom stereocenters. The first-order chi connectivity index (χ1) is 21.9. The Morgan fingerprint density at radius 1 is 1.00 bits per heavy atom. The van der Waals surface area contributed by atoms with Gasteiger partial charge in [0.15, 0.2) is 41.3 Å². The van der Waals surface area contributed by atoms with Crippen molar-refractivity contribution in [1.29, 1.82) is 0 Å². The number of imidazole rings is 2. The second kappa shape index (κ2) is 11.3. The van der Waals surface area contributed by atoms with E-state index in [1.165, 1.54) is 0 Å². The van der Waals surface area contributed by atoms with Crippen molar-refractivity contribution in [3.05, 3.63) is 29.3 Å². The van der Waals surface area contributed by atoms with Crippen LogP contribution in [0, 0.1) is 0 Å². The number of aromatic nitrogens is 8. The van der Waals surface area contributed by atoms with E-state index in [0.717, 1.165) is 35.2 Å². The van der Waals surface area contributed by atoms with Gasteiger partial charge in [0.1, 0.15) is 42.4 Å². The summed E-state index contributed by atoms with van der Waals surface area (Å²) >= 11 is 0. The SMILES string of the molecule is COP1(=O)OCC2O[C@@H](n3cnc4c(N)ncnc43)[C@H](F)[C@@H]2OP(=O)([O-])OCC2O[C@@H](n3cnc4c(=O)[nH]c(N)nc43)[C@H](O1)[C@@H]2O. The fourth-order valence-electron chi connectivity index (χ4n) is 5.34. The van der Waals surface area contributed by atoms with Crippen molar-refractivity contribution < 1.29 is 55.6 Å². The molecule has 0 spiro atoms. The molecule has 248 valence electrons. The molecule has 3 fully saturated rings. The highest BCUT2D eigenvalue weighted by molar-refractivity contribution is 7.48. The van der Waals surface area contributed by atoms with Crippen LogP contribution in [0.15, 0.2) is 23.8 Å². The van der Waals surface area contributed by atoms with Gasteiger partial charge in [0.2, 0.25) is 5.95 Å². The van der Waals surface area contributed by atoms with Crippen molar-refractivity contribution in [1.82, 2.24) is 39.0 Å². The lowest BCUT2D eigenvalue weighted by Gasteiger charge is -2.30. The molecule has 3 aliphatic heterocycles. The molecule has 0 radical (unpaired) electrons. The number of phosphoric ester groups is 2. The molecule has 7 rings (SSSR count). The van der Waals surface area contributed by atoms with E-state index in [9.17, 15) is 23.9 Å². The molecule has 0 aliphatic carbocycles. The predicted octanol–water partition coefficient (Wildman–Crippen LogP) is -1.34. The molecular weight excluding hydrogens is 665 g/mol. The molecule has 0 aromatic carbocycles. The molecule has 0 saturated carbocycles. The lowest BCUT2D eigenvalue weighted by Crippen LogP contribution is -2.36. The third-order valence-electron chi connectivity index (χ3n) is 7.48. The topological polar surface area (TPSA) is 301 Å². The zero-order valence-electron chi connectivity index (χ0n) is 23.3. The summed E-state index contributed by atoms with van der Waals surface area (Å²) in [4.78, 5) is 47.5. The van der Waals surface area contributed by atoms with Gasteiger partial charge in [-0.3, -0.25) is 37.0 Å². The van der Waals surface area contributed by atoms with Crippen molar-refractivity contribution in [3.63, 3.8) is 0 Å². The summed E-state index contributed by atoms with van der Waals surface area (Å²) in [5, 5.41) is 11.1. The number of nitrogens with two attached hydrogens (primary N) is 2. The van der Waals surface area contributed by atoms with Crippen LogP contribution in [-0.2, 0) is 41.2 Å². The minimum atomic E-state index is -5.37. The smallest absolute Gasteiger partial charge is 0.475 e. The van der Waals surface area contributed by atoms with Crippen LogP contribution in [0.25, 0.3) is 22.3 Å². The molecule has 2 bridgehead atoms. The van der Waals surface area contributed by atoms with Gasteiger partial charge in [0.25, 0.3) is 13.4 Å². The minimum Gasteiger partial charge on any atom is -0.756 e. The molecule has 3 saturated heterocycles. The number of hydrogen-bond acceptors (Lipinski definition) is 19. The van der Waals surface area contributed by atoms with E-state index in [4.69, 9.17) is 43.6 Å². The Kier molecular flexibility index (Phi) is 7.68. The molecule has 0 amide bonds. The normalized spacial score (nSPS) is 37.1. The molecule has 46 heavy (non-hydrogen) atoms. The van der Waals surface area contributed by atoms with Crippen LogP contribution < -0.4 is 21.9 Å². The number of aliphatic hydroxyl groups is 1. The summed E-state index contributed by atoms with van der Waals surface area (Å²) in [6.07, 6.45) is -10.2. The lowest BCUT2D eigenvalue weighted by molar-refractivity contribution is -0.235. The van der Waals surface area contributed by atoms with Crippen LogP contribution in [0.2, 0.25) is 0 Å². The Morgan fingerprint density at radius 3 is 2.46 bits per heavy atom. The van der Waals surface area contributed by atoms with Crippen molar-refractivity contribution in [2.45, 2.75) is 49.1 Å². The van der Waals surface area contributed by atoms with Gasteiger partial charge in [0, 0.05) is 7.11 Å². The van der Waals surface area contributed by atoms with E-state index in [2.05, 4.69) is 29.9 Å². The zero-order chi connectivity index (χ0) is 32.5. The third kappa shape index (κ3) is 5.28. The minimum absolute atomic E-state index is 0.00187. The number of ether oxygens (including phenoxy) is 2. The summed E-state index contributed by atoms with van der Waals surface area (Å²) in [6, 6.07) is 0. The van der Waals surface area contributed by atoms with Crippen LogP contribution in [-0.4, -0.2) is 101 Å². The molecule has 6 N–H and O–H groups in total. The number of fused-ring (bicyclic) bond motifs is 5. The summed E-state index contributed by atoms with van der Waals surface area (Å²) in [5.41, 5.74) is 10.7. The fourth-order valence-corrected chi connectivity index (χ4v) is 7.39. The standard InChI is InChI=1S/C21H25FN10O12P2/c1-38-46(37)40-3-8-13(9(22)19(42-8)31-5-27-10-15(23)25-4-26-16(10)31)43-45(35,36)39-2-7-12(33)14(44-46)20(41-7)32-6-28-11-17(32)29-21(24)30-18(11)34/h4-9,12-14,19-20,33H,2-3H2,1H3,(H,35,36)(H2,23,25,26)(H3,24,29,30,34)/p-1/t7?,8?,9-,12-,13-,14-,19-,20-,46?/m1/s1. The summed E-state index contributed by atoms with van der Waals surface area (Å²) in [5.74, 6) is -0.273. The number of nitrogens with zero attached hydrogens (tertiary/aromatic N) is 7. The van der Waals surface area contributed by atoms with Gasteiger partial charge in [-0.25, -0.2) is 28.9 Å². The molecule has 4 aromatic rings. The highest BCUT2D eigenvalue weighted by Crippen LogP contribution is 2.55. The first-order valence-corrected chi connectivity index (χ1v) is 16.2. The average Bonchev–Trinajstić information content (AvgIpc) is 3.77. The molecule has 3 aliphatic rings. The number of nitrogen functional groups attached to an aromatic ring is 2. The maximum atomic E-state index is 16.0. The summed E-state index contributed by atoms with van der Waals surface area (Å²) in [6.45, 7) is -1.68. The van der Waals surface area contributed by atoms with Crippen LogP contribution >= 0.6 is 15.6 Å². The Hall–Kier alpha value is -3.47. The summed E-state index contributed by atoms with van der Waals surface area (Å²) < 4.78 is 82.8. The second-order valence-corrected chi connectivity index (χ2v) is 13.3. The molecule has 22 nitrogen and oxygen atoms in total. The quantitative estimate of drug-likeness (QED) is 0.181. The van der Waals surface area contributed by atoms with E-state index < -0.39 is 83.6 Å². The Labute approximate surface area is 254 Å². The fraction of sp³-hybridized carbons (Fsp3) is 0.524. The molecule has 4 aromatic heterocycles. The van der Waals surface area contributed by atoms with E-state index in [-0.39, 0.29) is 34.1 Å². The largest absolute Gasteiger partial charge is 0.756 e. The highest BCUT2D eigenvalue weighted by atomic mass is 31.2. The molecule has 4 unspecified atom stereocenters. The van der Waals surface area contributed by atoms with Crippen LogP contribution in [0.3, 0.4) is 0 Å². The number of anilines is 2. The van der Waals surface area contributed by atoms with Crippen molar-refractivity contribution in [2.75, 3.05) is 31.8 Å². The van der Waals surface area contributed by atoms with E-state index in [0.29, 0.717) is 0 Å². The van der Waals surface area contributed by atoms with Gasteiger partial charge in [-0.2, -0.15) is 4.98 Å². The number of rotatable bonds is 3. The van der Waals surface area contributed by atoms with Crippen molar-refractivity contribution >= 4 is 49.7 Å². The monoisotopic (exact) mass is 689 g/mol. The number of nitrogens with one attached hydrogen (secondary N) is 1. The Bertz CT molecular complexity index is 1960. The van der Waals surface area contributed by atoms with Crippen LogP contribution in [0.5, 0.6) is 0 Å². The number of phosphoric acid groups is 2. The number of alkyl halides is 1. The second-order valence-electron chi connectivity index (χ2n) is 10.2. The maximum Gasteiger partial charge on any atom is 0.475 e. The number of aliphatic hydroxyl groups excluding tert-OH is 1. The zero-order valence-corrected chi connectivity index (χ0v) is 25.0. The van der Waals surface area contributed by atoms with E-state index in [1.54, 1.807) is 0 Å². The number of hydrogen-bond donors (Lipinski definition) is 4. The van der Waals surface area contributed by atoms with Gasteiger partial charge in [-0.05, 0) is 0 Å². The van der Waals surface area contributed by atoms with Gasteiger partial charge < -0.3 is 40.0 Å². The average molecular weight is 689 g/mol. The van der Waals surface area contributed by atoms with E-state index >= 15 is 4.39 Å². The van der Waals surface area contributed by atoms with Crippen LogP contribution in [0.4, 0.5) is 16.2 Å². The third-order valence-corrected chi connectivity index (χ3v) is 9.87. The van der Waals surface area contributed by atoms with Gasteiger partial charge in [0.05, 0.1) is 25.9 Å².